The van der Waals surface area contributed by atoms with Gasteiger partial charge >= 0.3 is 0 Å². The van der Waals surface area contributed by atoms with Crippen molar-refractivity contribution in [3.63, 3.8) is 0 Å². The Bertz CT molecular complexity index is 3480. The molecule has 0 aliphatic heterocycles. The van der Waals surface area contributed by atoms with Gasteiger partial charge in [0, 0.05) is 61.1 Å². The summed E-state index contributed by atoms with van der Waals surface area (Å²) in [6, 6.07) is 68.6. The monoisotopic (exact) mass is 794 g/mol. The number of benzene rings is 8. The molecule has 62 heavy (non-hydrogen) atoms. The van der Waals surface area contributed by atoms with Gasteiger partial charge in [-0.2, -0.15) is 0 Å². The van der Waals surface area contributed by atoms with Gasteiger partial charge in [-0.05, 0) is 64.7 Å². The van der Waals surface area contributed by atoms with Gasteiger partial charge in [0.05, 0.1) is 5.69 Å². The van der Waals surface area contributed by atoms with Gasteiger partial charge in [0.15, 0.2) is 17.5 Å². The predicted molar refractivity (Wildman–Crippen MR) is 250 cm³/mol. The molecule has 12 aromatic rings. The second-order valence-electron chi connectivity index (χ2n) is 15.4. The van der Waals surface area contributed by atoms with Crippen LogP contribution in [0.5, 0.6) is 0 Å². The van der Waals surface area contributed by atoms with E-state index < -0.39 is 0 Å². The molecule has 0 saturated heterocycles. The van der Waals surface area contributed by atoms with E-state index in [1.807, 2.05) is 91.1 Å². The van der Waals surface area contributed by atoms with Crippen LogP contribution in [0.4, 0.5) is 0 Å². The number of hydrogen-bond donors (Lipinski definition) is 0. The van der Waals surface area contributed by atoms with E-state index in [1.165, 1.54) is 0 Å². The molecular weight excluding hydrogens is 761 g/mol. The standard InChI is InChI=1S/C56H34N4O2/c1-2-12-38(13-3-1)54-58-55(39-29-25-36(26-30-39)35-23-27-37(28-24-35)49-20-8-9-31-57-49)60-56(59-54)42-33-40(43-16-10-18-47-45-14-4-6-21-50(45)61-52(43)47)32-41(34-42)44-17-11-19-48-46-15-5-7-22-51(46)62-53(44)48/h1-34H. The van der Waals surface area contributed by atoms with E-state index >= 15 is 0 Å². The Labute approximate surface area is 356 Å². The highest BCUT2D eigenvalue weighted by Crippen LogP contribution is 2.42. The van der Waals surface area contributed by atoms with Crippen molar-refractivity contribution in [3.8, 4) is 78.8 Å². The Morgan fingerprint density at radius 3 is 1.27 bits per heavy atom. The fourth-order valence-electron chi connectivity index (χ4n) is 8.55. The minimum Gasteiger partial charge on any atom is -0.455 e. The Kier molecular flexibility index (Phi) is 8.38. The largest absolute Gasteiger partial charge is 0.455 e. The quantitative estimate of drug-likeness (QED) is 0.160. The van der Waals surface area contributed by atoms with Gasteiger partial charge in [0.1, 0.15) is 22.3 Å². The fourth-order valence-corrected chi connectivity index (χ4v) is 8.55. The first-order valence-corrected chi connectivity index (χ1v) is 20.6. The van der Waals surface area contributed by atoms with Crippen molar-refractivity contribution in [2.24, 2.45) is 0 Å². The average molecular weight is 795 g/mol. The average Bonchev–Trinajstić information content (AvgIpc) is 3.93. The van der Waals surface area contributed by atoms with E-state index in [0.717, 1.165) is 105 Å². The number of nitrogens with zero attached hydrogens (tertiary/aromatic N) is 4. The van der Waals surface area contributed by atoms with E-state index in [9.17, 15) is 0 Å². The summed E-state index contributed by atoms with van der Waals surface area (Å²) in [6.07, 6.45) is 1.82. The number of aromatic nitrogens is 4. The number of rotatable bonds is 7. The van der Waals surface area contributed by atoms with Crippen molar-refractivity contribution >= 4 is 43.9 Å². The second-order valence-corrected chi connectivity index (χ2v) is 15.4. The van der Waals surface area contributed by atoms with Crippen LogP contribution in [0.2, 0.25) is 0 Å². The Morgan fingerprint density at radius 2 is 0.726 bits per heavy atom. The lowest BCUT2D eigenvalue weighted by Crippen LogP contribution is -2.00. The maximum atomic E-state index is 6.60. The molecule has 0 spiro atoms. The van der Waals surface area contributed by atoms with E-state index in [1.54, 1.807) is 0 Å². The fraction of sp³-hybridized carbons (Fsp3) is 0. The highest BCUT2D eigenvalue weighted by molar-refractivity contribution is 6.11. The second kappa shape index (κ2) is 14.7. The highest BCUT2D eigenvalue weighted by Gasteiger charge is 2.20. The lowest BCUT2D eigenvalue weighted by Gasteiger charge is -2.13. The Hall–Kier alpha value is -8.48. The third-order valence-corrected chi connectivity index (χ3v) is 11.6. The van der Waals surface area contributed by atoms with Crippen molar-refractivity contribution < 1.29 is 8.83 Å². The van der Waals surface area contributed by atoms with Crippen LogP contribution in [0.1, 0.15) is 0 Å². The molecule has 0 N–H and O–H groups in total. The molecule has 6 nitrogen and oxygen atoms in total. The van der Waals surface area contributed by atoms with Gasteiger partial charge in [-0.3, -0.25) is 4.98 Å². The molecule has 0 unspecified atom stereocenters. The van der Waals surface area contributed by atoms with Crippen LogP contribution in [0.25, 0.3) is 123 Å². The summed E-state index contributed by atoms with van der Waals surface area (Å²) in [7, 11) is 0. The summed E-state index contributed by atoms with van der Waals surface area (Å²) in [6.45, 7) is 0. The predicted octanol–water partition coefficient (Wildman–Crippen LogP) is 14.7. The van der Waals surface area contributed by atoms with Crippen molar-refractivity contribution in [3.05, 3.63) is 206 Å². The molecule has 4 heterocycles. The molecule has 0 saturated carbocycles. The van der Waals surface area contributed by atoms with E-state index in [4.69, 9.17) is 23.8 Å². The number of hydrogen-bond acceptors (Lipinski definition) is 6. The molecular formula is C56H34N4O2. The lowest BCUT2D eigenvalue weighted by molar-refractivity contribution is 0.670. The minimum absolute atomic E-state index is 0.555. The maximum absolute atomic E-state index is 6.60. The molecule has 8 aromatic carbocycles. The molecule has 4 aromatic heterocycles. The third-order valence-electron chi connectivity index (χ3n) is 11.6. The van der Waals surface area contributed by atoms with Crippen molar-refractivity contribution in [2.75, 3.05) is 0 Å². The number of para-hydroxylation sites is 4. The molecule has 0 atom stereocenters. The summed E-state index contributed by atoms with van der Waals surface area (Å²) >= 11 is 0. The molecule has 0 aliphatic carbocycles. The first kappa shape index (κ1) is 35.5. The van der Waals surface area contributed by atoms with E-state index in [-0.39, 0.29) is 0 Å². The summed E-state index contributed by atoms with van der Waals surface area (Å²) in [5, 5.41) is 4.28. The molecule has 0 amide bonds. The summed E-state index contributed by atoms with van der Waals surface area (Å²) in [4.78, 5) is 20.0. The summed E-state index contributed by atoms with van der Waals surface area (Å²) in [5.41, 5.74) is 14.1. The minimum atomic E-state index is 0.555. The first-order chi connectivity index (χ1) is 30.7. The van der Waals surface area contributed by atoms with Crippen LogP contribution >= 0.6 is 0 Å². The Balaban J connectivity index is 1.03. The molecule has 12 rings (SSSR count). The van der Waals surface area contributed by atoms with Crippen LogP contribution in [-0.4, -0.2) is 19.9 Å². The van der Waals surface area contributed by atoms with Crippen molar-refractivity contribution in [1.29, 1.82) is 0 Å². The summed E-state index contributed by atoms with van der Waals surface area (Å²) < 4.78 is 13.2. The zero-order valence-corrected chi connectivity index (χ0v) is 33.2. The maximum Gasteiger partial charge on any atom is 0.164 e. The van der Waals surface area contributed by atoms with Crippen LogP contribution in [0.15, 0.2) is 215 Å². The van der Waals surface area contributed by atoms with Gasteiger partial charge in [-0.15, -0.1) is 0 Å². The zero-order valence-electron chi connectivity index (χ0n) is 33.2. The molecule has 0 radical (unpaired) electrons. The molecule has 0 aliphatic rings. The van der Waals surface area contributed by atoms with E-state index in [0.29, 0.717) is 17.5 Å². The SMILES string of the molecule is c1ccc(-c2nc(-c3ccc(-c4ccc(-c5ccccn5)cc4)cc3)nc(-c3cc(-c4cccc5c4oc4ccccc45)cc(-c4cccc5c4oc4ccccc45)c3)n2)cc1. The van der Waals surface area contributed by atoms with Crippen LogP contribution in [-0.2, 0) is 0 Å². The number of fused-ring (bicyclic) bond motifs is 6. The molecule has 6 heteroatoms. The summed E-state index contributed by atoms with van der Waals surface area (Å²) in [5.74, 6) is 1.72. The zero-order chi connectivity index (χ0) is 41.0. The lowest BCUT2D eigenvalue weighted by atomic mass is 9.94. The highest BCUT2D eigenvalue weighted by atomic mass is 16.3. The molecule has 0 bridgehead atoms. The van der Waals surface area contributed by atoms with Gasteiger partial charge in [0.2, 0.25) is 0 Å². The topological polar surface area (TPSA) is 77.8 Å². The van der Waals surface area contributed by atoms with Crippen LogP contribution in [0.3, 0.4) is 0 Å². The van der Waals surface area contributed by atoms with Gasteiger partial charge in [0.25, 0.3) is 0 Å². The van der Waals surface area contributed by atoms with E-state index in [2.05, 4.69) is 120 Å². The van der Waals surface area contributed by atoms with Gasteiger partial charge < -0.3 is 8.83 Å². The molecule has 0 fully saturated rings. The first-order valence-electron chi connectivity index (χ1n) is 20.6. The smallest absolute Gasteiger partial charge is 0.164 e. The Morgan fingerprint density at radius 1 is 0.290 bits per heavy atom. The normalized spacial score (nSPS) is 11.5. The van der Waals surface area contributed by atoms with Gasteiger partial charge in [-0.1, -0.05) is 158 Å². The van der Waals surface area contributed by atoms with Crippen molar-refractivity contribution in [1.82, 2.24) is 19.9 Å². The van der Waals surface area contributed by atoms with Crippen molar-refractivity contribution in [2.45, 2.75) is 0 Å². The third kappa shape index (κ3) is 6.21. The number of furan rings is 2. The van der Waals surface area contributed by atoms with Crippen LogP contribution in [0, 0.1) is 0 Å². The molecule has 290 valence electrons. The van der Waals surface area contributed by atoms with Crippen LogP contribution < -0.4 is 0 Å². The van der Waals surface area contributed by atoms with Gasteiger partial charge in [-0.25, -0.2) is 15.0 Å². The number of pyridine rings is 1.